The summed E-state index contributed by atoms with van der Waals surface area (Å²) in [6.45, 7) is 7.01. The standard InChI is InChI=1S/C13H16BrF2NO/c1-7-5-9(11(16)6-10(7)15)12(18)17-13(3,4)8(2)14/h5-6,8H,1-4H3,(H,17,18). The Hall–Kier alpha value is -0.970. The summed E-state index contributed by atoms with van der Waals surface area (Å²) < 4.78 is 26.7. The van der Waals surface area contributed by atoms with Gasteiger partial charge in [0.1, 0.15) is 11.6 Å². The highest BCUT2D eigenvalue weighted by molar-refractivity contribution is 9.09. The molecule has 2 nitrogen and oxygen atoms in total. The third-order valence-electron chi connectivity index (χ3n) is 2.92. The van der Waals surface area contributed by atoms with Crippen molar-refractivity contribution in [1.29, 1.82) is 0 Å². The minimum atomic E-state index is -0.853. The number of hydrogen-bond acceptors (Lipinski definition) is 1. The Labute approximate surface area is 114 Å². The quantitative estimate of drug-likeness (QED) is 0.848. The van der Waals surface area contributed by atoms with Crippen LogP contribution in [-0.2, 0) is 0 Å². The number of aryl methyl sites for hydroxylation is 1. The zero-order valence-electron chi connectivity index (χ0n) is 10.8. The second-order valence-electron chi connectivity index (χ2n) is 4.87. The first kappa shape index (κ1) is 15.1. The van der Waals surface area contributed by atoms with Gasteiger partial charge >= 0.3 is 0 Å². The van der Waals surface area contributed by atoms with Crippen molar-refractivity contribution in [1.82, 2.24) is 5.32 Å². The molecule has 0 bridgehead atoms. The molecule has 1 atom stereocenters. The Balaban J connectivity index is 3.02. The van der Waals surface area contributed by atoms with Crippen LogP contribution < -0.4 is 5.32 Å². The third-order valence-corrected chi connectivity index (χ3v) is 4.07. The fraction of sp³-hybridized carbons (Fsp3) is 0.462. The van der Waals surface area contributed by atoms with Crippen LogP contribution >= 0.6 is 15.9 Å². The van der Waals surface area contributed by atoms with Crippen LogP contribution in [0.4, 0.5) is 8.78 Å². The summed E-state index contributed by atoms with van der Waals surface area (Å²) in [5.41, 5.74) is -0.437. The SMILES string of the molecule is Cc1cc(C(=O)NC(C)(C)C(C)Br)c(F)cc1F. The van der Waals surface area contributed by atoms with E-state index in [1.807, 2.05) is 20.8 Å². The van der Waals surface area contributed by atoms with Crippen molar-refractivity contribution in [2.75, 3.05) is 0 Å². The van der Waals surface area contributed by atoms with Crippen molar-refractivity contribution < 1.29 is 13.6 Å². The smallest absolute Gasteiger partial charge is 0.254 e. The lowest BCUT2D eigenvalue weighted by atomic mass is 10.0. The fourth-order valence-corrected chi connectivity index (χ4v) is 1.41. The molecule has 0 aliphatic heterocycles. The van der Waals surface area contributed by atoms with Gasteiger partial charge in [-0.25, -0.2) is 8.78 Å². The number of carbonyl (C=O) groups excluding carboxylic acids is 1. The first-order valence-electron chi connectivity index (χ1n) is 5.57. The van der Waals surface area contributed by atoms with E-state index >= 15 is 0 Å². The fourth-order valence-electron chi connectivity index (χ4n) is 1.29. The van der Waals surface area contributed by atoms with Gasteiger partial charge in [0.25, 0.3) is 5.91 Å². The maximum absolute atomic E-state index is 13.5. The molecule has 1 unspecified atom stereocenters. The number of nitrogens with one attached hydrogen (secondary N) is 1. The maximum atomic E-state index is 13.5. The lowest BCUT2D eigenvalue weighted by Crippen LogP contribution is -2.49. The lowest BCUT2D eigenvalue weighted by Gasteiger charge is -2.29. The second-order valence-corrected chi connectivity index (χ2v) is 6.25. The van der Waals surface area contributed by atoms with Crippen LogP contribution in [0.25, 0.3) is 0 Å². The Morgan fingerprint density at radius 2 is 1.89 bits per heavy atom. The van der Waals surface area contributed by atoms with E-state index in [2.05, 4.69) is 21.2 Å². The summed E-state index contributed by atoms with van der Waals surface area (Å²) in [5.74, 6) is -2.06. The molecule has 5 heteroatoms. The highest BCUT2D eigenvalue weighted by Crippen LogP contribution is 2.19. The Kier molecular flexibility index (Phi) is 4.48. The van der Waals surface area contributed by atoms with Crippen molar-refractivity contribution in [3.8, 4) is 0 Å². The average molecular weight is 320 g/mol. The van der Waals surface area contributed by atoms with Crippen molar-refractivity contribution in [3.63, 3.8) is 0 Å². The molecule has 1 N–H and O–H groups in total. The summed E-state index contributed by atoms with van der Waals surface area (Å²) in [5, 5.41) is 2.71. The molecule has 0 saturated heterocycles. The number of alkyl halides is 1. The number of benzene rings is 1. The van der Waals surface area contributed by atoms with Gasteiger partial charge in [-0.3, -0.25) is 4.79 Å². The van der Waals surface area contributed by atoms with Crippen molar-refractivity contribution in [3.05, 3.63) is 34.9 Å². The van der Waals surface area contributed by atoms with E-state index in [1.54, 1.807) is 0 Å². The van der Waals surface area contributed by atoms with E-state index < -0.39 is 23.1 Å². The number of amides is 1. The van der Waals surface area contributed by atoms with Crippen LogP contribution in [0.2, 0.25) is 0 Å². The van der Waals surface area contributed by atoms with E-state index in [4.69, 9.17) is 0 Å². The third kappa shape index (κ3) is 3.28. The predicted molar refractivity (Wildman–Crippen MR) is 71.0 cm³/mol. The summed E-state index contributed by atoms with van der Waals surface area (Å²) in [6.07, 6.45) is 0. The minimum absolute atomic E-state index is 0.0126. The van der Waals surface area contributed by atoms with Gasteiger partial charge in [-0.05, 0) is 32.4 Å². The second kappa shape index (κ2) is 5.34. The number of halogens is 3. The molecular formula is C13H16BrF2NO. The van der Waals surface area contributed by atoms with Gasteiger partial charge in [0.15, 0.2) is 0 Å². The topological polar surface area (TPSA) is 29.1 Å². The van der Waals surface area contributed by atoms with Crippen LogP contribution in [0.5, 0.6) is 0 Å². The summed E-state index contributed by atoms with van der Waals surface area (Å²) in [7, 11) is 0. The molecule has 0 aliphatic carbocycles. The summed E-state index contributed by atoms with van der Waals surface area (Å²) >= 11 is 3.37. The maximum Gasteiger partial charge on any atom is 0.254 e. The predicted octanol–water partition coefficient (Wildman–Crippen LogP) is 3.57. The molecular weight excluding hydrogens is 304 g/mol. The summed E-state index contributed by atoms with van der Waals surface area (Å²) in [4.78, 5) is 12.0. The molecule has 1 aromatic carbocycles. The molecule has 0 radical (unpaired) electrons. The first-order chi connectivity index (χ1) is 8.15. The zero-order chi connectivity index (χ0) is 14.1. The highest BCUT2D eigenvalue weighted by atomic mass is 79.9. The molecule has 0 aliphatic rings. The van der Waals surface area contributed by atoms with Crippen molar-refractivity contribution >= 4 is 21.8 Å². The van der Waals surface area contributed by atoms with Gasteiger partial charge in [0.2, 0.25) is 0 Å². The molecule has 0 heterocycles. The number of rotatable bonds is 3. The highest BCUT2D eigenvalue weighted by Gasteiger charge is 2.27. The van der Waals surface area contributed by atoms with Crippen molar-refractivity contribution in [2.24, 2.45) is 0 Å². The molecule has 0 saturated carbocycles. The van der Waals surface area contributed by atoms with E-state index in [1.165, 1.54) is 13.0 Å². The average Bonchev–Trinajstić information content (AvgIpc) is 2.22. The summed E-state index contributed by atoms with van der Waals surface area (Å²) in [6, 6.07) is 1.95. The molecule has 0 spiro atoms. The zero-order valence-corrected chi connectivity index (χ0v) is 12.4. The van der Waals surface area contributed by atoms with Crippen molar-refractivity contribution in [2.45, 2.75) is 38.1 Å². The van der Waals surface area contributed by atoms with Gasteiger partial charge in [-0.2, -0.15) is 0 Å². The molecule has 18 heavy (non-hydrogen) atoms. The van der Waals surface area contributed by atoms with Crippen LogP contribution in [0.1, 0.15) is 36.7 Å². The van der Waals surface area contributed by atoms with Gasteiger partial charge in [0, 0.05) is 16.4 Å². The van der Waals surface area contributed by atoms with Crippen LogP contribution in [0, 0.1) is 18.6 Å². The monoisotopic (exact) mass is 319 g/mol. The lowest BCUT2D eigenvalue weighted by molar-refractivity contribution is 0.0909. The van der Waals surface area contributed by atoms with E-state index in [0.717, 1.165) is 6.07 Å². The minimum Gasteiger partial charge on any atom is -0.346 e. The van der Waals surface area contributed by atoms with Gasteiger partial charge in [0.05, 0.1) is 5.56 Å². The van der Waals surface area contributed by atoms with Gasteiger partial charge in [-0.15, -0.1) is 0 Å². The molecule has 1 amide bonds. The number of hydrogen-bond donors (Lipinski definition) is 1. The number of carbonyl (C=O) groups is 1. The van der Waals surface area contributed by atoms with Crippen LogP contribution in [0.3, 0.4) is 0 Å². The Bertz CT molecular complexity index is 472. The molecule has 100 valence electrons. The molecule has 1 aromatic rings. The molecule has 0 fully saturated rings. The van der Waals surface area contributed by atoms with E-state index in [9.17, 15) is 13.6 Å². The first-order valence-corrected chi connectivity index (χ1v) is 6.49. The van der Waals surface area contributed by atoms with Crippen LogP contribution in [-0.4, -0.2) is 16.3 Å². The van der Waals surface area contributed by atoms with Crippen LogP contribution in [0.15, 0.2) is 12.1 Å². The molecule has 0 aromatic heterocycles. The van der Waals surface area contributed by atoms with Gasteiger partial charge < -0.3 is 5.32 Å². The van der Waals surface area contributed by atoms with E-state index in [-0.39, 0.29) is 16.0 Å². The van der Waals surface area contributed by atoms with E-state index in [0.29, 0.717) is 0 Å². The normalized spacial score (nSPS) is 13.3. The molecule has 1 rings (SSSR count). The van der Waals surface area contributed by atoms with Gasteiger partial charge in [-0.1, -0.05) is 22.9 Å². The Morgan fingerprint density at radius 3 is 2.39 bits per heavy atom. The largest absolute Gasteiger partial charge is 0.346 e. The Morgan fingerprint density at radius 1 is 1.33 bits per heavy atom.